The molecule has 1 aromatic rings. The van der Waals surface area contributed by atoms with Crippen LogP contribution in [-0.4, -0.2) is 16.9 Å². The Hall–Kier alpha value is -1.43. The van der Waals surface area contributed by atoms with Gasteiger partial charge in [0.15, 0.2) is 5.13 Å². The van der Waals surface area contributed by atoms with Crippen molar-refractivity contribution in [1.29, 1.82) is 0 Å². The van der Waals surface area contributed by atoms with Gasteiger partial charge < -0.3 is 15.2 Å². The van der Waals surface area contributed by atoms with Crippen molar-refractivity contribution in [3.63, 3.8) is 0 Å². The van der Waals surface area contributed by atoms with E-state index in [0.29, 0.717) is 5.13 Å². The summed E-state index contributed by atoms with van der Waals surface area (Å²) in [6.45, 7) is 0. The molecule has 0 spiro atoms. The molecular weight excluding hydrogens is 252 g/mol. The van der Waals surface area contributed by atoms with Crippen molar-refractivity contribution in [2.24, 2.45) is 23.7 Å². The Morgan fingerprint density at radius 2 is 2.06 bits per heavy atom. The first-order chi connectivity index (χ1) is 8.66. The first-order valence-electron chi connectivity index (χ1n) is 6.08. The highest BCUT2D eigenvalue weighted by Gasteiger charge is 2.51. The van der Waals surface area contributed by atoms with Crippen molar-refractivity contribution in [2.75, 3.05) is 5.32 Å². The van der Waals surface area contributed by atoms with Gasteiger partial charge in [-0.2, -0.15) is 0 Å². The average Bonchev–Trinajstić information content (AvgIpc) is 3.03. The van der Waals surface area contributed by atoms with Crippen molar-refractivity contribution in [1.82, 2.24) is 4.98 Å². The molecule has 0 unspecified atom stereocenters. The van der Waals surface area contributed by atoms with Crippen LogP contribution in [0.15, 0.2) is 11.6 Å². The minimum Gasteiger partial charge on any atom is -0.550 e. The van der Waals surface area contributed by atoms with E-state index in [2.05, 4.69) is 10.3 Å². The van der Waals surface area contributed by atoms with Crippen LogP contribution in [0.4, 0.5) is 5.13 Å². The third-order valence-corrected chi connectivity index (χ3v) is 4.84. The molecular formula is C12H13N2O3S-. The first kappa shape index (κ1) is 11.6. The Morgan fingerprint density at radius 3 is 2.67 bits per heavy atom. The number of carboxylic acids is 1. The van der Waals surface area contributed by atoms with E-state index in [1.165, 1.54) is 11.3 Å². The number of aliphatic carboxylic acids is 1. The van der Waals surface area contributed by atoms with E-state index in [1.807, 2.05) is 0 Å². The molecule has 2 aliphatic rings. The van der Waals surface area contributed by atoms with Gasteiger partial charge in [-0.25, -0.2) is 4.98 Å². The molecule has 2 aliphatic carbocycles. The minimum atomic E-state index is -1.08. The van der Waals surface area contributed by atoms with Crippen LogP contribution in [0.1, 0.15) is 19.3 Å². The molecule has 1 N–H and O–H groups in total. The van der Waals surface area contributed by atoms with Crippen LogP contribution >= 0.6 is 11.3 Å². The second-order valence-electron chi connectivity index (χ2n) is 5.03. The number of carbonyl (C=O) groups excluding carboxylic acids is 2. The van der Waals surface area contributed by atoms with Gasteiger partial charge in [-0.15, -0.1) is 11.3 Å². The van der Waals surface area contributed by atoms with E-state index in [-0.39, 0.29) is 17.7 Å². The van der Waals surface area contributed by atoms with Crippen molar-refractivity contribution in [2.45, 2.75) is 19.3 Å². The molecule has 4 atom stereocenters. The number of carbonyl (C=O) groups is 2. The highest BCUT2D eigenvalue weighted by atomic mass is 32.1. The predicted molar refractivity (Wildman–Crippen MR) is 63.6 cm³/mol. The van der Waals surface area contributed by atoms with Gasteiger partial charge in [-0.1, -0.05) is 0 Å². The third-order valence-electron chi connectivity index (χ3n) is 4.15. The Bertz CT molecular complexity index is 474. The number of fused-ring (bicyclic) bond motifs is 2. The van der Waals surface area contributed by atoms with Gasteiger partial charge in [-0.05, 0) is 31.1 Å². The maximum atomic E-state index is 12.2. The van der Waals surface area contributed by atoms with Crippen LogP contribution in [0.3, 0.4) is 0 Å². The predicted octanol–water partition coefficient (Wildman–Crippen LogP) is 0.494. The van der Waals surface area contributed by atoms with Gasteiger partial charge in [0.1, 0.15) is 0 Å². The molecule has 2 saturated carbocycles. The second kappa shape index (κ2) is 4.35. The minimum absolute atomic E-state index is 0.118. The molecule has 1 heterocycles. The molecule has 96 valence electrons. The van der Waals surface area contributed by atoms with Crippen LogP contribution < -0.4 is 10.4 Å². The molecule has 2 fully saturated rings. The first-order valence-corrected chi connectivity index (χ1v) is 6.96. The zero-order chi connectivity index (χ0) is 12.7. The maximum Gasteiger partial charge on any atom is 0.230 e. The fourth-order valence-corrected chi connectivity index (χ4v) is 4.01. The monoisotopic (exact) mass is 265 g/mol. The number of nitrogens with one attached hydrogen (secondary N) is 1. The molecule has 1 amide bonds. The van der Waals surface area contributed by atoms with Gasteiger partial charge in [0.2, 0.25) is 5.91 Å². The van der Waals surface area contributed by atoms with E-state index >= 15 is 0 Å². The number of thiazole rings is 1. The fraction of sp³-hybridized carbons (Fsp3) is 0.583. The number of hydrogen-bond donors (Lipinski definition) is 1. The highest BCUT2D eigenvalue weighted by molar-refractivity contribution is 7.13. The maximum absolute atomic E-state index is 12.2. The Morgan fingerprint density at radius 1 is 1.33 bits per heavy atom. The number of hydrogen-bond acceptors (Lipinski definition) is 5. The Kier molecular flexibility index (Phi) is 2.81. The zero-order valence-electron chi connectivity index (χ0n) is 9.67. The molecule has 0 saturated heterocycles. The summed E-state index contributed by atoms with van der Waals surface area (Å²) in [4.78, 5) is 27.4. The lowest BCUT2D eigenvalue weighted by Crippen LogP contribution is -2.43. The van der Waals surface area contributed by atoms with Gasteiger partial charge in [0.25, 0.3) is 0 Å². The number of nitrogens with zero attached hydrogens (tertiary/aromatic N) is 1. The number of amides is 1. The van der Waals surface area contributed by atoms with Crippen molar-refractivity contribution < 1.29 is 14.7 Å². The highest BCUT2D eigenvalue weighted by Crippen LogP contribution is 2.52. The second-order valence-corrected chi connectivity index (χ2v) is 5.92. The largest absolute Gasteiger partial charge is 0.550 e. The third kappa shape index (κ3) is 1.80. The normalized spacial score (nSPS) is 33.6. The standard InChI is InChI=1S/C12H14N2O3S/c15-10(14-12-13-3-4-18-12)8-6-1-2-7(5-6)9(8)11(16)17/h3-4,6-9H,1-2,5H2,(H,16,17)(H,13,14,15)/p-1/t6-,7-,8+,9-/m0/s1. The quantitative estimate of drug-likeness (QED) is 0.862. The number of aromatic nitrogens is 1. The van der Waals surface area contributed by atoms with Crippen LogP contribution in [-0.2, 0) is 9.59 Å². The summed E-state index contributed by atoms with van der Waals surface area (Å²) in [5.74, 6) is -2.06. The lowest BCUT2D eigenvalue weighted by molar-refractivity contribution is -0.314. The molecule has 2 bridgehead atoms. The van der Waals surface area contributed by atoms with Crippen LogP contribution in [0.25, 0.3) is 0 Å². The van der Waals surface area contributed by atoms with E-state index in [0.717, 1.165) is 19.3 Å². The number of rotatable bonds is 3. The van der Waals surface area contributed by atoms with Gasteiger partial charge in [0, 0.05) is 29.4 Å². The van der Waals surface area contributed by atoms with E-state index in [4.69, 9.17) is 0 Å². The average molecular weight is 265 g/mol. The van der Waals surface area contributed by atoms with E-state index < -0.39 is 17.8 Å². The molecule has 0 radical (unpaired) electrons. The molecule has 6 heteroatoms. The fourth-order valence-electron chi connectivity index (χ4n) is 3.48. The van der Waals surface area contributed by atoms with Crippen molar-refractivity contribution in [3.8, 4) is 0 Å². The van der Waals surface area contributed by atoms with Gasteiger partial charge in [0.05, 0.1) is 0 Å². The Balaban J connectivity index is 1.78. The van der Waals surface area contributed by atoms with Gasteiger partial charge >= 0.3 is 0 Å². The summed E-state index contributed by atoms with van der Waals surface area (Å²) in [6.07, 6.45) is 4.31. The topological polar surface area (TPSA) is 82.1 Å². The molecule has 3 rings (SSSR count). The van der Waals surface area contributed by atoms with E-state index in [1.54, 1.807) is 11.6 Å². The molecule has 0 aliphatic heterocycles. The lowest BCUT2D eigenvalue weighted by Gasteiger charge is -2.30. The number of anilines is 1. The van der Waals surface area contributed by atoms with Crippen LogP contribution in [0.2, 0.25) is 0 Å². The lowest BCUT2D eigenvalue weighted by atomic mass is 9.79. The summed E-state index contributed by atoms with van der Waals surface area (Å²) in [7, 11) is 0. The summed E-state index contributed by atoms with van der Waals surface area (Å²) < 4.78 is 0. The van der Waals surface area contributed by atoms with Crippen LogP contribution in [0.5, 0.6) is 0 Å². The number of carboxylic acid groups (broad SMARTS) is 1. The van der Waals surface area contributed by atoms with E-state index in [9.17, 15) is 14.7 Å². The summed E-state index contributed by atoms with van der Waals surface area (Å²) in [6, 6.07) is 0. The molecule has 18 heavy (non-hydrogen) atoms. The molecule has 5 nitrogen and oxygen atoms in total. The van der Waals surface area contributed by atoms with Crippen molar-refractivity contribution in [3.05, 3.63) is 11.6 Å². The van der Waals surface area contributed by atoms with Gasteiger partial charge in [-0.3, -0.25) is 4.79 Å². The Labute approximate surface area is 108 Å². The van der Waals surface area contributed by atoms with Crippen molar-refractivity contribution >= 4 is 28.3 Å². The molecule has 1 aromatic heterocycles. The smallest absolute Gasteiger partial charge is 0.230 e. The molecule has 0 aromatic carbocycles. The summed E-state index contributed by atoms with van der Waals surface area (Å²) in [5, 5.41) is 16.2. The summed E-state index contributed by atoms with van der Waals surface area (Å²) in [5.41, 5.74) is 0. The zero-order valence-corrected chi connectivity index (χ0v) is 10.5. The van der Waals surface area contributed by atoms with Crippen LogP contribution in [0, 0.1) is 23.7 Å². The SMILES string of the molecule is O=C(Nc1nccs1)[C@@H]1[C@H]2CC[C@@H](C2)[C@@H]1C(=O)[O-]. The summed E-state index contributed by atoms with van der Waals surface area (Å²) >= 11 is 1.33.